The first kappa shape index (κ1) is 23.3. The number of pyridine rings is 1. The van der Waals surface area contributed by atoms with E-state index in [-0.39, 0.29) is 12.1 Å². The lowest BCUT2D eigenvalue weighted by Gasteiger charge is -2.22. The van der Waals surface area contributed by atoms with Gasteiger partial charge < -0.3 is 31.8 Å². The SMILES string of the molecule is CC(C)(C)OC(=O)[C@@H](N)CNC(=O)/C(C=N)=C/NCCc1ccc2c(n1)NCCC2. The molecule has 1 aliphatic rings. The van der Waals surface area contributed by atoms with Crippen molar-refractivity contribution in [2.45, 2.75) is 51.7 Å². The van der Waals surface area contributed by atoms with Gasteiger partial charge in [0, 0.05) is 44.2 Å². The Morgan fingerprint density at radius 1 is 1.40 bits per heavy atom. The predicted octanol–water partition coefficient (Wildman–Crippen LogP) is 0.890. The lowest BCUT2D eigenvalue weighted by Crippen LogP contribution is -2.45. The van der Waals surface area contributed by atoms with E-state index in [4.69, 9.17) is 15.9 Å². The first-order valence-corrected chi connectivity index (χ1v) is 10.1. The van der Waals surface area contributed by atoms with Gasteiger partial charge in [0.2, 0.25) is 0 Å². The third-order valence-electron chi connectivity index (χ3n) is 4.34. The van der Waals surface area contributed by atoms with E-state index in [0.29, 0.717) is 13.0 Å². The van der Waals surface area contributed by atoms with Crippen LogP contribution in [0.3, 0.4) is 0 Å². The Morgan fingerprint density at radius 2 is 2.17 bits per heavy atom. The van der Waals surface area contributed by atoms with Crippen LogP contribution < -0.4 is 21.7 Å². The van der Waals surface area contributed by atoms with Crippen LogP contribution in [0.2, 0.25) is 0 Å². The van der Waals surface area contributed by atoms with Gasteiger partial charge in [0.05, 0.1) is 5.57 Å². The topological polar surface area (TPSA) is 142 Å². The van der Waals surface area contributed by atoms with E-state index in [1.807, 2.05) is 6.07 Å². The van der Waals surface area contributed by atoms with Crippen molar-refractivity contribution in [3.05, 3.63) is 35.2 Å². The number of rotatable bonds is 9. The van der Waals surface area contributed by atoms with Gasteiger partial charge in [-0.3, -0.25) is 9.59 Å². The first-order chi connectivity index (χ1) is 14.2. The van der Waals surface area contributed by atoms with Crippen LogP contribution in [0.4, 0.5) is 5.82 Å². The van der Waals surface area contributed by atoms with Crippen LogP contribution in [0.15, 0.2) is 23.9 Å². The Morgan fingerprint density at radius 3 is 2.87 bits per heavy atom. The molecule has 1 aromatic heterocycles. The monoisotopic (exact) mass is 416 g/mol. The number of esters is 1. The van der Waals surface area contributed by atoms with E-state index in [9.17, 15) is 9.59 Å². The molecule has 0 aromatic carbocycles. The molecule has 0 bridgehead atoms. The lowest BCUT2D eigenvalue weighted by molar-refractivity contribution is -0.156. The molecule has 0 unspecified atom stereocenters. The highest BCUT2D eigenvalue weighted by molar-refractivity contribution is 6.11. The largest absolute Gasteiger partial charge is 0.459 e. The van der Waals surface area contributed by atoms with Crippen LogP contribution in [0.1, 0.15) is 38.4 Å². The molecule has 1 amide bonds. The summed E-state index contributed by atoms with van der Waals surface area (Å²) in [6.45, 7) is 6.66. The maximum atomic E-state index is 12.2. The second-order valence-corrected chi connectivity index (χ2v) is 8.14. The van der Waals surface area contributed by atoms with Crippen LogP contribution in [0.5, 0.6) is 0 Å². The molecule has 9 nitrogen and oxygen atoms in total. The van der Waals surface area contributed by atoms with Crippen molar-refractivity contribution in [3.63, 3.8) is 0 Å². The lowest BCUT2D eigenvalue weighted by atomic mass is 10.1. The van der Waals surface area contributed by atoms with Crippen molar-refractivity contribution in [2.75, 3.05) is 25.0 Å². The van der Waals surface area contributed by atoms with Crippen molar-refractivity contribution in [2.24, 2.45) is 5.73 Å². The van der Waals surface area contributed by atoms with E-state index < -0.39 is 23.5 Å². The molecule has 0 aliphatic carbocycles. The summed E-state index contributed by atoms with van der Waals surface area (Å²) in [5, 5.41) is 16.3. The van der Waals surface area contributed by atoms with Crippen molar-refractivity contribution in [1.29, 1.82) is 5.41 Å². The molecular weight excluding hydrogens is 384 g/mol. The highest BCUT2D eigenvalue weighted by Crippen LogP contribution is 2.19. The molecule has 9 heteroatoms. The second kappa shape index (κ2) is 10.7. The summed E-state index contributed by atoms with van der Waals surface area (Å²) in [5.74, 6) is -0.129. The molecule has 2 rings (SSSR count). The highest BCUT2D eigenvalue weighted by atomic mass is 16.6. The van der Waals surface area contributed by atoms with Gasteiger partial charge in [-0.05, 0) is 45.2 Å². The molecule has 0 radical (unpaired) electrons. The minimum absolute atomic E-state index is 0.0784. The number of carbonyl (C=O) groups is 2. The molecule has 1 atom stereocenters. The molecule has 1 aromatic rings. The molecule has 30 heavy (non-hydrogen) atoms. The number of hydrogen-bond donors (Lipinski definition) is 5. The summed E-state index contributed by atoms with van der Waals surface area (Å²) >= 11 is 0. The number of hydrogen-bond acceptors (Lipinski definition) is 8. The third-order valence-corrected chi connectivity index (χ3v) is 4.34. The summed E-state index contributed by atoms with van der Waals surface area (Å²) in [6, 6.07) is 3.14. The minimum Gasteiger partial charge on any atom is -0.459 e. The fourth-order valence-corrected chi connectivity index (χ4v) is 2.83. The van der Waals surface area contributed by atoms with E-state index in [2.05, 4.69) is 27.0 Å². The summed E-state index contributed by atoms with van der Waals surface area (Å²) < 4.78 is 5.18. The number of nitrogens with zero attached hydrogens (tertiary/aromatic N) is 1. The van der Waals surface area contributed by atoms with Crippen molar-refractivity contribution in [3.8, 4) is 0 Å². The second-order valence-electron chi connectivity index (χ2n) is 8.14. The first-order valence-electron chi connectivity index (χ1n) is 10.1. The van der Waals surface area contributed by atoms with Gasteiger partial charge in [0.1, 0.15) is 17.5 Å². The highest BCUT2D eigenvalue weighted by Gasteiger charge is 2.22. The number of amides is 1. The zero-order valence-corrected chi connectivity index (χ0v) is 17.9. The zero-order valence-electron chi connectivity index (χ0n) is 17.9. The normalized spacial score (nSPS) is 14.7. The van der Waals surface area contributed by atoms with Crippen LogP contribution in [0, 0.1) is 5.41 Å². The van der Waals surface area contributed by atoms with Gasteiger partial charge in [-0.15, -0.1) is 0 Å². The summed E-state index contributed by atoms with van der Waals surface area (Å²) in [7, 11) is 0. The van der Waals surface area contributed by atoms with Crippen LogP contribution in [-0.4, -0.2) is 54.4 Å². The number of carbonyl (C=O) groups excluding carboxylic acids is 2. The number of nitrogens with one attached hydrogen (secondary N) is 4. The average Bonchev–Trinajstić information content (AvgIpc) is 2.70. The molecular formula is C21H32N6O3. The Kier molecular flexibility index (Phi) is 8.35. The number of fused-ring (bicyclic) bond motifs is 1. The van der Waals surface area contributed by atoms with Gasteiger partial charge in [0.15, 0.2) is 0 Å². The van der Waals surface area contributed by atoms with Crippen LogP contribution in [-0.2, 0) is 27.2 Å². The van der Waals surface area contributed by atoms with Gasteiger partial charge in [0.25, 0.3) is 5.91 Å². The van der Waals surface area contributed by atoms with Gasteiger partial charge in [-0.1, -0.05) is 6.07 Å². The van der Waals surface area contributed by atoms with Crippen molar-refractivity contribution >= 4 is 23.9 Å². The van der Waals surface area contributed by atoms with Crippen LogP contribution in [0.25, 0.3) is 0 Å². The maximum Gasteiger partial charge on any atom is 0.325 e. The standard InChI is InChI=1S/C21H32N6O3/c1-21(2,3)30-20(29)17(23)13-26-19(28)15(11-22)12-24-10-8-16-7-6-14-5-4-9-25-18(14)27-16/h6-7,11-12,17,22,24H,4-5,8-10,13,23H2,1-3H3,(H,25,27)(H,26,28)/b15-12+,22-11?/t17-/m0/s1. The van der Waals surface area contributed by atoms with Gasteiger partial charge in [-0.25, -0.2) is 4.98 Å². The Hall–Kier alpha value is -2.94. The molecule has 6 N–H and O–H groups in total. The molecule has 0 saturated carbocycles. The third kappa shape index (κ3) is 7.47. The number of aromatic nitrogens is 1. The molecule has 2 heterocycles. The van der Waals surface area contributed by atoms with Gasteiger partial charge >= 0.3 is 5.97 Å². The molecule has 0 spiro atoms. The summed E-state index contributed by atoms with van der Waals surface area (Å²) in [6.07, 6.45) is 5.27. The smallest absolute Gasteiger partial charge is 0.325 e. The molecule has 0 fully saturated rings. The fourth-order valence-electron chi connectivity index (χ4n) is 2.83. The Labute approximate surface area is 177 Å². The quantitative estimate of drug-likeness (QED) is 0.174. The van der Waals surface area contributed by atoms with Crippen LogP contribution >= 0.6 is 0 Å². The molecule has 164 valence electrons. The molecule has 1 aliphatic heterocycles. The fraction of sp³-hybridized carbons (Fsp3) is 0.524. The maximum absolute atomic E-state index is 12.2. The summed E-state index contributed by atoms with van der Waals surface area (Å²) in [5.41, 5.74) is 7.43. The summed E-state index contributed by atoms with van der Waals surface area (Å²) in [4.78, 5) is 28.7. The zero-order chi connectivity index (χ0) is 22.1. The predicted molar refractivity (Wildman–Crippen MR) is 116 cm³/mol. The van der Waals surface area contributed by atoms with Crippen molar-refractivity contribution < 1.29 is 14.3 Å². The van der Waals surface area contributed by atoms with E-state index in [1.54, 1.807) is 20.8 Å². The van der Waals surface area contributed by atoms with E-state index >= 15 is 0 Å². The number of anilines is 1. The molecule has 0 saturated heterocycles. The number of ether oxygens (including phenoxy) is 1. The van der Waals surface area contributed by atoms with E-state index in [0.717, 1.165) is 37.1 Å². The average molecular weight is 417 g/mol. The van der Waals surface area contributed by atoms with Gasteiger partial charge in [-0.2, -0.15) is 0 Å². The van der Waals surface area contributed by atoms with Crippen molar-refractivity contribution in [1.82, 2.24) is 15.6 Å². The minimum atomic E-state index is -0.975. The number of nitrogens with two attached hydrogens (primary N) is 1. The number of aryl methyl sites for hydroxylation is 1. The Balaban J connectivity index is 1.78. The van der Waals surface area contributed by atoms with E-state index in [1.165, 1.54) is 11.8 Å². The Bertz CT molecular complexity index is 800.